The number of halogens is 1. The molecule has 2 N–H and O–H groups in total. The summed E-state index contributed by atoms with van der Waals surface area (Å²) in [5, 5.41) is 13.7. The summed E-state index contributed by atoms with van der Waals surface area (Å²) in [6.07, 6.45) is 1.38. The van der Waals surface area contributed by atoms with Gasteiger partial charge in [0.05, 0.1) is 11.8 Å². The number of benzene rings is 3. The van der Waals surface area contributed by atoms with Gasteiger partial charge >= 0.3 is 5.97 Å². The van der Waals surface area contributed by atoms with Crippen molar-refractivity contribution in [2.45, 2.75) is 0 Å². The number of aromatic hydroxyl groups is 1. The number of ether oxygens (including phenoxy) is 1. The maximum Gasteiger partial charge on any atom is 0.343 e. The van der Waals surface area contributed by atoms with Crippen LogP contribution in [0.5, 0.6) is 11.5 Å². The summed E-state index contributed by atoms with van der Waals surface area (Å²) in [5.74, 6) is -0.612. The van der Waals surface area contributed by atoms with Gasteiger partial charge in [0.25, 0.3) is 5.91 Å². The summed E-state index contributed by atoms with van der Waals surface area (Å²) < 4.78 is 5.41. The summed E-state index contributed by atoms with van der Waals surface area (Å²) in [6.45, 7) is 0. The molecule has 0 heterocycles. The number of esters is 1. The van der Waals surface area contributed by atoms with Crippen LogP contribution in [-0.4, -0.2) is 23.2 Å². The maximum atomic E-state index is 12.3. The Bertz CT molecular complexity index is 1020. The minimum absolute atomic E-state index is 0.0662. The lowest BCUT2D eigenvalue weighted by Crippen LogP contribution is -2.17. The van der Waals surface area contributed by atoms with Crippen LogP contribution in [0, 0.1) is 0 Å². The quantitative estimate of drug-likeness (QED) is 0.296. The molecule has 1 amide bonds. The van der Waals surface area contributed by atoms with E-state index < -0.39 is 11.9 Å². The molecule has 28 heavy (non-hydrogen) atoms. The molecule has 140 valence electrons. The van der Waals surface area contributed by atoms with Crippen LogP contribution in [-0.2, 0) is 0 Å². The van der Waals surface area contributed by atoms with Crippen LogP contribution >= 0.6 is 11.6 Å². The predicted octanol–water partition coefficient (Wildman–Crippen LogP) is 4.03. The Labute approximate surface area is 166 Å². The van der Waals surface area contributed by atoms with Crippen LogP contribution in [0.25, 0.3) is 0 Å². The van der Waals surface area contributed by atoms with Crippen molar-refractivity contribution in [1.82, 2.24) is 5.43 Å². The van der Waals surface area contributed by atoms with Gasteiger partial charge in [-0.3, -0.25) is 4.79 Å². The second-order valence-corrected chi connectivity index (χ2v) is 6.12. The SMILES string of the molecule is O=C(N/N=C/c1ccccc1OC(=O)c1ccc(Cl)cc1)c1ccc(O)cc1. The van der Waals surface area contributed by atoms with Crippen LogP contribution in [0.15, 0.2) is 77.9 Å². The summed E-state index contributed by atoms with van der Waals surface area (Å²) >= 11 is 5.82. The first-order valence-corrected chi connectivity index (χ1v) is 8.60. The summed E-state index contributed by atoms with van der Waals surface area (Å²) in [6, 6.07) is 18.9. The number of hydrogen-bond acceptors (Lipinski definition) is 5. The van der Waals surface area contributed by atoms with E-state index in [1.165, 1.54) is 30.5 Å². The predicted molar refractivity (Wildman–Crippen MR) is 106 cm³/mol. The highest BCUT2D eigenvalue weighted by Gasteiger charge is 2.11. The monoisotopic (exact) mass is 394 g/mol. The van der Waals surface area contributed by atoms with Crippen molar-refractivity contribution in [3.05, 3.63) is 94.5 Å². The van der Waals surface area contributed by atoms with E-state index in [0.29, 0.717) is 27.5 Å². The van der Waals surface area contributed by atoms with Gasteiger partial charge in [-0.1, -0.05) is 23.7 Å². The number of rotatable bonds is 5. The van der Waals surface area contributed by atoms with Gasteiger partial charge < -0.3 is 9.84 Å². The van der Waals surface area contributed by atoms with Gasteiger partial charge in [-0.25, -0.2) is 10.2 Å². The third-order valence-corrected chi connectivity index (χ3v) is 3.95. The normalized spacial score (nSPS) is 10.6. The first-order chi connectivity index (χ1) is 13.5. The Morgan fingerprint density at radius 3 is 2.29 bits per heavy atom. The van der Waals surface area contributed by atoms with Crippen LogP contribution in [0.2, 0.25) is 5.02 Å². The summed E-state index contributed by atoms with van der Waals surface area (Å²) in [7, 11) is 0. The second kappa shape index (κ2) is 8.83. The van der Waals surface area contributed by atoms with Gasteiger partial charge in [-0.2, -0.15) is 5.10 Å². The van der Waals surface area contributed by atoms with Gasteiger partial charge in [-0.15, -0.1) is 0 Å². The smallest absolute Gasteiger partial charge is 0.343 e. The lowest BCUT2D eigenvalue weighted by atomic mass is 10.2. The first-order valence-electron chi connectivity index (χ1n) is 8.22. The largest absolute Gasteiger partial charge is 0.508 e. The zero-order valence-corrected chi connectivity index (χ0v) is 15.3. The fraction of sp³-hybridized carbons (Fsp3) is 0. The number of nitrogens with one attached hydrogen (secondary N) is 1. The number of carbonyl (C=O) groups is 2. The third-order valence-electron chi connectivity index (χ3n) is 3.70. The van der Waals surface area contributed by atoms with Gasteiger partial charge in [0, 0.05) is 16.1 Å². The molecule has 7 heteroatoms. The van der Waals surface area contributed by atoms with E-state index in [2.05, 4.69) is 10.5 Å². The Morgan fingerprint density at radius 2 is 1.57 bits per heavy atom. The number of phenolic OH excluding ortho intramolecular Hbond substituents is 1. The lowest BCUT2D eigenvalue weighted by Gasteiger charge is -2.07. The van der Waals surface area contributed by atoms with Crippen LogP contribution in [0.3, 0.4) is 0 Å². The minimum Gasteiger partial charge on any atom is -0.508 e. The van der Waals surface area contributed by atoms with Gasteiger partial charge in [0.1, 0.15) is 11.5 Å². The molecule has 0 saturated heterocycles. The Hall–Kier alpha value is -3.64. The lowest BCUT2D eigenvalue weighted by molar-refractivity contribution is 0.0734. The van der Waals surface area contributed by atoms with Crippen molar-refractivity contribution in [3.63, 3.8) is 0 Å². The topological polar surface area (TPSA) is 88.0 Å². The number of carbonyl (C=O) groups excluding carboxylic acids is 2. The summed E-state index contributed by atoms with van der Waals surface area (Å²) in [4.78, 5) is 24.3. The molecule has 0 spiro atoms. The molecule has 0 atom stereocenters. The van der Waals surface area contributed by atoms with Crippen molar-refractivity contribution in [2.75, 3.05) is 0 Å². The van der Waals surface area contributed by atoms with E-state index in [-0.39, 0.29) is 5.75 Å². The first kappa shape index (κ1) is 19.1. The molecule has 0 aliphatic heterocycles. The highest BCUT2D eigenvalue weighted by Crippen LogP contribution is 2.18. The second-order valence-electron chi connectivity index (χ2n) is 5.68. The van der Waals surface area contributed by atoms with Crippen molar-refractivity contribution >= 4 is 29.7 Å². The van der Waals surface area contributed by atoms with Gasteiger partial charge in [0.15, 0.2) is 0 Å². The number of phenols is 1. The molecule has 3 aromatic carbocycles. The number of para-hydroxylation sites is 1. The molecule has 0 unspecified atom stereocenters. The van der Waals surface area contributed by atoms with Gasteiger partial charge in [0.2, 0.25) is 0 Å². The van der Waals surface area contributed by atoms with Crippen molar-refractivity contribution in [2.24, 2.45) is 5.10 Å². The highest BCUT2D eigenvalue weighted by atomic mass is 35.5. The fourth-order valence-corrected chi connectivity index (χ4v) is 2.39. The van der Waals surface area contributed by atoms with E-state index in [0.717, 1.165) is 0 Å². The van der Waals surface area contributed by atoms with Crippen molar-refractivity contribution in [3.8, 4) is 11.5 Å². The number of hydrogen-bond donors (Lipinski definition) is 2. The minimum atomic E-state index is -0.536. The molecule has 0 bridgehead atoms. The van der Waals surface area contributed by atoms with Crippen molar-refractivity contribution < 1.29 is 19.4 Å². The molecule has 0 aromatic heterocycles. The number of nitrogens with zero attached hydrogens (tertiary/aromatic N) is 1. The Morgan fingerprint density at radius 1 is 0.929 bits per heavy atom. The molecule has 0 aliphatic carbocycles. The number of amides is 1. The molecule has 3 rings (SSSR count). The zero-order valence-electron chi connectivity index (χ0n) is 14.5. The van der Waals surface area contributed by atoms with E-state index in [9.17, 15) is 14.7 Å². The molecule has 0 radical (unpaired) electrons. The molecule has 0 fully saturated rings. The van der Waals surface area contributed by atoms with E-state index >= 15 is 0 Å². The van der Waals surface area contributed by atoms with Crippen LogP contribution < -0.4 is 10.2 Å². The zero-order chi connectivity index (χ0) is 19.9. The van der Waals surface area contributed by atoms with E-state index in [1.54, 1.807) is 48.5 Å². The molecule has 3 aromatic rings. The standard InChI is InChI=1S/C21H15ClN2O4/c22-17-9-5-15(6-10-17)21(27)28-19-4-2-1-3-16(19)13-23-24-20(26)14-7-11-18(25)12-8-14/h1-13,25H,(H,24,26)/b23-13+. The van der Waals surface area contributed by atoms with Gasteiger partial charge in [-0.05, 0) is 60.7 Å². The Balaban J connectivity index is 1.68. The number of hydrazone groups is 1. The molecule has 6 nitrogen and oxygen atoms in total. The maximum absolute atomic E-state index is 12.3. The van der Waals surface area contributed by atoms with E-state index in [1.807, 2.05) is 0 Å². The average molecular weight is 395 g/mol. The molecular weight excluding hydrogens is 380 g/mol. The third kappa shape index (κ3) is 4.96. The summed E-state index contributed by atoms with van der Waals surface area (Å²) in [5.41, 5.74) is 3.59. The average Bonchev–Trinajstić information content (AvgIpc) is 2.70. The molecular formula is C21H15ClN2O4. The Kier molecular flexibility index (Phi) is 6.04. The molecule has 0 saturated carbocycles. The fourth-order valence-electron chi connectivity index (χ4n) is 2.26. The van der Waals surface area contributed by atoms with Crippen LogP contribution in [0.1, 0.15) is 26.3 Å². The van der Waals surface area contributed by atoms with E-state index in [4.69, 9.17) is 16.3 Å². The molecule has 0 aliphatic rings. The highest BCUT2D eigenvalue weighted by molar-refractivity contribution is 6.30. The van der Waals surface area contributed by atoms with Crippen LogP contribution in [0.4, 0.5) is 0 Å². The van der Waals surface area contributed by atoms with Crippen molar-refractivity contribution in [1.29, 1.82) is 0 Å².